The second-order valence-electron chi connectivity index (χ2n) is 7.53. The third-order valence-electron chi connectivity index (χ3n) is 4.94. The molecule has 22 heavy (non-hydrogen) atoms. The molecule has 0 radical (unpaired) electrons. The first-order chi connectivity index (χ1) is 10.3. The van der Waals surface area contributed by atoms with Crippen LogP contribution in [0.2, 0.25) is 0 Å². The van der Waals surface area contributed by atoms with Gasteiger partial charge in [-0.05, 0) is 55.2 Å². The molecule has 1 heterocycles. The second kappa shape index (κ2) is 5.08. The second-order valence-corrected chi connectivity index (χ2v) is 7.53. The SMILES string of the molecule is Cc1ccc2nc3c(c(C(=O)[O-])c2c1)C[C@@H](C(C)(C)C)CC3. The van der Waals surface area contributed by atoms with Gasteiger partial charge in [-0.3, -0.25) is 4.98 Å². The van der Waals surface area contributed by atoms with Crippen molar-refractivity contribution in [3.05, 3.63) is 40.6 Å². The number of pyridine rings is 1. The summed E-state index contributed by atoms with van der Waals surface area (Å²) in [5, 5.41) is 12.5. The molecule has 1 aliphatic carbocycles. The minimum Gasteiger partial charge on any atom is -0.545 e. The van der Waals surface area contributed by atoms with Crippen LogP contribution in [-0.2, 0) is 12.8 Å². The van der Waals surface area contributed by atoms with Crippen LogP contribution >= 0.6 is 0 Å². The average Bonchev–Trinajstić information content (AvgIpc) is 2.42. The van der Waals surface area contributed by atoms with Gasteiger partial charge >= 0.3 is 0 Å². The standard InChI is InChI=1S/C19H23NO2/c1-11-5-7-15-13(9-11)17(18(21)22)14-10-12(19(2,3)4)6-8-16(14)20-15/h5,7,9,12H,6,8,10H2,1-4H3,(H,21,22)/p-1/t12-/m0/s1. The van der Waals surface area contributed by atoms with Gasteiger partial charge in [-0.25, -0.2) is 0 Å². The molecule has 0 N–H and O–H groups in total. The number of carboxylic acid groups (broad SMARTS) is 1. The van der Waals surface area contributed by atoms with Crippen LogP contribution in [0.5, 0.6) is 0 Å². The highest BCUT2D eigenvalue weighted by molar-refractivity contribution is 6.03. The molecule has 3 heteroatoms. The predicted octanol–water partition coefficient (Wildman–Crippen LogP) is 3.06. The fourth-order valence-corrected chi connectivity index (χ4v) is 3.53. The number of hydrogen-bond acceptors (Lipinski definition) is 3. The van der Waals surface area contributed by atoms with Crippen molar-refractivity contribution in [3.8, 4) is 0 Å². The summed E-state index contributed by atoms with van der Waals surface area (Å²) in [5.41, 5.74) is 4.17. The molecule has 0 spiro atoms. The Bertz CT molecular complexity index is 756. The Morgan fingerprint density at radius 2 is 2.05 bits per heavy atom. The number of benzene rings is 1. The first-order valence-corrected chi connectivity index (χ1v) is 7.91. The Morgan fingerprint density at radius 3 is 2.68 bits per heavy atom. The molecule has 0 amide bonds. The number of carboxylic acids is 1. The highest BCUT2D eigenvalue weighted by Gasteiger charge is 2.31. The zero-order valence-electron chi connectivity index (χ0n) is 13.7. The Kier molecular flexibility index (Phi) is 3.47. The summed E-state index contributed by atoms with van der Waals surface area (Å²) in [6.45, 7) is 8.63. The molecule has 1 aromatic heterocycles. The molecular weight excluding hydrogens is 274 g/mol. The Morgan fingerprint density at radius 1 is 1.32 bits per heavy atom. The van der Waals surface area contributed by atoms with Crippen LogP contribution in [0, 0.1) is 18.3 Å². The van der Waals surface area contributed by atoms with E-state index in [-0.39, 0.29) is 5.41 Å². The number of hydrogen-bond donors (Lipinski definition) is 0. The van der Waals surface area contributed by atoms with Crippen LogP contribution in [0.25, 0.3) is 10.9 Å². The van der Waals surface area contributed by atoms with E-state index in [0.717, 1.165) is 41.6 Å². The number of carbonyl (C=O) groups excluding carboxylic acids is 1. The van der Waals surface area contributed by atoms with Crippen LogP contribution in [0.3, 0.4) is 0 Å². The maximum absolute atomic E-state index is 11.8. The fraction of sp³-hybridized carbons (Fsp3) is 0.474. The summed E-state index contributed by atoms with van der Waals surface area (Å²) in [6, 6.07) is 5.79. The van der Waals surface area contributed by atoms with Crippen molar-refractivity contribution in [2.24, 2.45) is 11.3 Å². The van der Waals surface area contributed by atoms with Gasteiger partial charge < -0.3 is 9.90 Å². The van der Waals surface area contributed by atoms with Crippen molar-refractivity contribution < 1.29 is 9.90 Å². The van der Waals surface area contributed by atoms with Crippen molar-refractivity contribution in [1.29, 1.82) is 0 Å². The van der Waals surface area contributed by atoms with E-state index in [1.165, 1.54) is 0 Å². The van der Waals surface area contributed by atoms with Gasteiger partial charge in [0, 0.05) is 16.6 Å². The van der Waals surface area contributed by atoms with E-state index in [2.05, 4.69) is 20.8 Å². The van der Waals surface area contributed by atoms with Crippen LogP contribution in [-0.4, -0.2) is 11.0 Å². The van der Waals surface area contributed by atoms with Crippen molar-refractivity contribution in [3.63, 3.8) is 0 Å². The van der Waals surface area contributed by atoms with E-state index < -0.39 is 5.97 Å². The third kappa shape index (κ3) is 2.49. The minimum absolute atomic E-state index is 0.169. The first kappa shape index (κ1) is 15.0. The lowest BCUT2D eigenvalue weighted by molar-refractivity contribution is -0.254. The summed E-state index contributed by atoms with van der Waals surface area (Å²) in [6.07, 6.45) is 2.69. The van der Waals surface area contributed by atoms with Crippen molar-refractivity contribution in [1.82, 2.24) is 4.98 Å². The van der Waals surface area contributed by atoms with E-state index in [4.69, 9.17) is 4.98 Å². The maximum Gasteiger partial charge on any atom is 0.0725 e. The van der Waals surface area contributed by atoms with Gasteiger partial charge in [-0.1, -0.05) is 32.4 Å². The number of aromatic carboxylic acids is 1. The van der Waals surface area contributed by atoms with Crippen LogP contribution < -0.4 is 5.11 Å². The molecule has 1 aromatic carbocycles. The van der Waals surface area contributed by atoms with E-state index in [1.54, 1.807) is 0 Å². The fourth-order valence-electron chi connectivity index (χ4n) is 3.53. The predicted molar refractivity (Wildman–Crippen MR) is 85.8 cm³/mol. The lowest BCUT2D eigenvalue weighted by Crippen LogP contribution is -2.31. The van der Waals surface area contributed by atoms with E-state index in [1.807, 2.05) is 25.1 Å². The molecule has 3 rings (SSSR count). The van der Waals surface area contributed by atoms with Crippen LogP contribution in [0.1, 0.15) is 54.4 Å². The maximum atomic E-state index is 11.8. The van der Waals surface area contributed by atoms with Crippen LogP contribution in [0.15, 0.2) is 18.2 Å². The Hall–Kier alpha value is -1.90. The average molecular weight is 296 g/mol. The number of nitrogens with zero attached hydrogens (tertiary/aromatic N) is 1. The topological polar surface area (TPSA) is 53.0 Å². The van der Waals surface area contributed by atoms with E-state index in [0.29, 0.717) is 16.9 Å². The molecular formula is C19H22NO2-. The molecule has 1 aliphatic rings. The zero-order chi connectivity index (χ0) is 16.1. The quantitative estimate of drug-likeness (QED) is 0.812. The van der Waals surface area contributed by atoms with Crippen molar-refractivity contribution in [2.45, 2.75) is 47.0 Å². The normalized spacial score (nSPS) is 18.3. The monoisotopic (exact) mass is 296 g/mol. The number of aryl methyl sites for hydroxylation is 2. The van der Waals surface area contributed by atoms with Gasteiger partial charge in [-0.15, -0.1) is 0 Å². The molecule has 0 aliphatic heterocycles. The Labute approximate surface area is 131 Å². The number of carbonyl (C=O) groups is 1. The summed E-state index contributed by atoms with van der Waals surface area (Å²) in [7, 11) is 0. The molecule has 1 atom stereocenters. The molecule has 0 fully saturated rings. The van der Waals surface area contributed by atoms with Gasteiger partial charge in [-0.2, -0.15) is 0 Å². The number of fused-ring (bicyclic) bond motifs is 2. The lowest BCUT2D eigenvalue weighted by Gasteiger charge is -2.35. The largest absolute Gasteiger partial charge is 0.545 e. The summed E-state index contributed by atoms with van der Waals surface area (Å²) in [4.78, 5) is 16.5. The molecule has 0 bridgehead atoms. The molecule has 0 saturated carbocycles. The molecule has 0 unspecified atom stereocenters. The van der Waals surface area contributed by atoms with E-state index in [9.17, 15) is 9.90 Å². The highest BCUT2D eigenvalue weighted by Crippen LogP contribution is 2.39. The summed E-state index contributed by atoms with van der Waals surface area (Å²) >= 11 is 0. The molecule has 2 aromatic rings. The number of aromatic nitrogens is 1. The first-order valence-electron chi connectivity index (χ1n) is 7.91. The highest BCUT2D eigenvalue weighted by atomic mass is 16.4. The zero-order valence-corrected chi connectivity index (χ0v) is 13.7. The van der Waals surface area contributed by atoms with Gasteiger partial charge in [0.25, 0.3) is 0 Å². The summed E-state index contributed by atoms with van der Waals surface area (Å²) in [5.74, 6) is -0.606. The third-order valence-corrected chi connectivity index (χ3v) is 4.94. The number of rotatable bonds is 1. The van der Waals surface area contributed by atoms with Gasteiger partial charge in [0.05, 0.1) is 11.5 Å². The molecule has 0 saturated heterocycles. The van der Waals surface area contributed by atoms with Crippen LogP contribution in [0.4, 0.5) is 0 Å². The van der Waals surface area contributed by atoms with Gasteiger partial charge in [0.2, 0.25) is 0 Å². The van der Waals surface area contributed by atoms with Gasteiger partial charge in [0.1, 0.15) is 0 Å². The smallest absolute Gasteiger partial charge is 0.0725 e. The van der Waals surface area contributed by atoms with Crippen molar-refractivity contribution >= 4 is 16.9 Å². The lowest BCUT2D eigenvalue weighted by atomic mass is 9.70. The molecule has 116 valence electrons. The molecule has 3 nitrogen and oxygen atoms in total. The summed E-state index contributed by atoms with van der Waals surface area (Å²) < 4.78 is 0. The van der Waals surface area contributed by atoms with Crippen molar-refractivity contribution in [2.75, 3.05) is 0 Å². The van der Waals surface area contributed by atoms with Gasteiger partial charge in [0.15, 0.2) is 0 Å². The van der Waals surface area contributed by atoms with E-state index >= 15 is 0 Å². The minimum atomic E-state index is -1.08. The Balaban J connectivity index is 2.24.